The van der Waals surface area contributed by atoms with Gasteiger partial charge in [-0.3, -0.25) is 0 Å². The van der Waals surface area contributed by atoms with E-state index < -0.39 is 23.1 Å². The van der Waals surface area contributed by atoms with Gasteiger partial charge in [-0.2, -0.15) is 0 Å². The number of rotatable bonds is 5. The van der Waals surface area contributed by atoms with Crippen LogP contribution in [0.15, 0.2) is 48.5 Å². The van der Waals surface area contributed by atoms with Crippen molar-refractivity contribution in [3.8, 4) is 0 Å². The van der Waals surface area contributed by atoms with E-state index in [0.29, 0.717) is 0 Å². The summed E-state index contributed by atoms with van der Waals surface area (Å²) in [4.78, 5) is 23.6. The molecule has 0 aliphatic rings. The zero-order valence-electron chi connectivity index (χ0n) is 13.7. The van der Waals surface area contributed by atoms with Crippen molar-refractivity contribution < 1.29 is 35.5 Å². The van der Waals surface area contributed by atoms with E-state index in [2.05, 4.69) is 0 Å². The normalized spacial score (nSPS) is 15.4. The van der Waals surface area contributed by atoms with Gasteiger partial charge < -0.3 is 25.9 Å². The van der Waals surface area contributed by atoms with Crippen LogP contribution in [0, 0.1) is 13.8 Å². The molecule has 0 aliphatic heterocycles. The number of aryl methyl sites for hydroxylation is 2. The molecular formula is C18H20O7. The van der Waals surface area contributed by atoms with Gasteiger partial charge in [0.25, 0.3) is 0 Å². The lowest BCUT2D eigenvalue weighted by Crippen LogP contribution is -2.59. The zero-order chi connectivity index (χ0) is 18.1. The average Bonchev–Trinajstić information content (AvgIpc) is 2.54. The number of carboxylic acids is 2. The molecule has 0 fully saturated rings. The highest BCUT2D eigenvalue weighted by molar-refractivity contribution is 5.92. The Morgan fingerprint density at radius 1 is 0.680 bits per heavy atom. The fourth-order valence-corrected chi connectivity index (χ4v) is 2.56. The summed E-state index contributed by atoms with van der Waals surface area (Å²) in [6, 6.07) is 11.2. The predicted molar refractivity (Wildman–Crippen MR) is 89.0 cm³/mol. The lowest BCUT2D eigenvalue weighted by molar-refractivity contribution is -0.213. The molecule has 7 nitrogen and oxygen atoms in total. The van der Waals surface area contributed by atoms with E-state index in [-0.39, 0.29) is 16.6 Å². The van der Waals surface area contributed by atoms with Gasteiger partial charge in [0.05, 0.1) is 0 Å². The van der Waals surface area contributed by atoms with Crippen molar-refractivity contribution in [1.29, 1.82) is 0 Å². The molecule has 7 heteroatoms. The molecule has 2 rings (SSSR count). The van der Waals surface area contributed by atoms with E-state index in [4.69, 9.17) is 0 Å². The predicted octanol–water partition coefficient (Wildman–Crippen LogP) is 0.723. The number of carboxylic acid groups (broad SMARTS) is 2. The molecule has 2 aromatic carbocycles. The quantitative estimate of drug-likeness (QED) is 0.626. The maximum absolute atomic E-state index is 11.8. The number of carbonyl (C=O) groups is 2. The molecule has 0 aromatic heterocycles. The number of aliphatic hydroxyl groups is 2. The first-order valence-electron chi connectivity index (χ1n) is 7.20. The summed E-state index contributed by atoms with van der Waals surface area (Å²) in [6.07, 6.45) is 0. The molecule has 0 aliphatic carbocycles. The summed E-state index contributed by atoms with van der Waals surface area (Å²) in [5.74, 6) is -3.73. The highest BCUT2D eigenvalue weighted by Gasteiger charge is 2.63. The minimum absolute atomic E-state index is 0. The lowest BCUT2D eigenvalue weighted by Gasteiger charge is -2.37. The van der Waals surface area contributed by atoms with Gasteiger partial charge in [0.15, 0.2) is 0 Å². The molecule has 134 valence electrons. The van der Waals surface area contributed by atoms with Crippen LogP contribution < -0.4 is 0 Å². The van der Waals surface area contributed by atoms with Crippen LogP contribution in [0.25, 0.3) is 0 Å². The van der Waals surface area contributed by atoms with Gasteiger partial charge in [0.1, 0.15) is 0 Å². The molecule has 2 atom stereocenters. The largest absolute Gasteiger partial charge is 0.479 e. The Morgan fingerprint density at radius 3 is 1.12 bits per heavy atom. The van der Waals surface area contributed by atoms with Gasteiger partial charge in [0, 0.05) is 0 Å². The van der Waals surface area contributed by atoms with E-state index in [0.717, 1.165) is 11.1 Å². The maximum atomic E-state index is 11.8. The molecule has 2 aromatic rings. The van der Waals surface area contributed by atoms with Crippen LogP contribution >= 0.6 is 0 Å². The summed E-state index contributed by atoms with van der Waals surface area (Å²) in [7, 11) is 0. The van der Waals surface area contributed by atoms with E-state index in [1.807, 2.05) is 0 Å². The Bertz CT molecular complexity index is 700. The Hall–Kier alpha value is -2.74. The Morgan fingerprint density at radius 2 is 0.920 bits per heavy atom. The van der Waals surface area contributed by atoms with E-state index in [1.54, 1.807) is 13.8 Å². The molecule has 0 spiro atoms. The zero-order valence-corrected chi connectivity index (χ0v) is 13.7. The van der Waals surface area contributed by atoms with Gasteiger partial charge in [0.2, 0.25) is 11.2 Å². The maximum Gasteiger partial charge on any atom is 0.344 e. The molecular weight excluding hydrogens is 328 g/mol. The molecule has 0 amide bonds. The second-order valence-corrected chi connectivity index (χ2v) is 5.76. The van der Waals surface area contributed by atoms with Gasteiger partial charge in [-0.05, 0) is 25.0 Å². The Balaban J connectivity index is 0.00000312. The second kappa shape index (κ2) is 7.02. The number of hydrogen-bond donors (Lipinski definition) is 4. The van der Waals surface area contributed by atoms with Crippen molar-refractivity contribution in [2.45, 2.75) is 25.0 Å². The summed E-state index contributed by atoms with van der Waals surface area (Å²) in [6.45, 7) is 3.51. The smallest absolute Gasteiger partial charge is 0.344 e. The van der Waals surface area contributed by atoms with Crippen molar-refractivity contribution in [3.05, 3.63) is 70.8 Å². The Kier molecular flexibility index (Phi) is 5.70. The molecule has 0 radical (unpaired) electrons. The van der Waals surface area contributed by atoms with Crippen LogP contribution in [0.3, 0.4) is 0 Å². The van der Waals surface area contributed by atoms with Crippen LogP contribution in [0.1, 0.15) is 22.3 Å². The van der Waals surface area contributed by atoms with Crippen molar-refractivity contribution in [1.82, 2.24) is 0 Å². The minimum Gasteiger partial charge on any atom is -0.479 e. The van der Waals surface area contributed by atoms with Gasteiger partial charge in [-0.1, -0.05) is 59.7 Å². The summed E-state index contributed by atoms with van der Waals surface area (Å²) >= 11 is 0. The molecule has 0 bridgehead atoms. The monoisotopic (exact) mass is 348 g/mol. The second-order valence-electron chi connectivity index (χ2n) is 5.76. The molecule has 0 saturated carbocycles. The van der Waals surface area contributed by atoms with E-state index in [1.165, 1.54) is 48.5 Å². The average molecular weight is 348 g/mol. The van der Waals surface area contributed by atoms with E-state index >= 15 is 0 Å². The standard InChI is InChI=1S/C18H18O6.H2O/c1-11-3-7-13(8-4-11)17(23,15(19)20)18(24,16(21)22)14-9-5-12(2)6-10-14;/h3-10,23-24H,1-2H3,(H,19,20)(H,21,22);1H2. The Labute approximate surface area is 144 Å². The fourth-order valence-electron chi connectivity index (χ4n) is 2.56. The molecule has 0 heterocycles. The van der Waals surface area contributed by atoms with Gasteiger partial charge >= 0.3 is 11.9 Å². The van der Waals surface area contributed by atoms with Crippen molar-refractivity contribution in [2.75, 3.05) is 0 Å². The molecule has 6 N–H and O–H groups in total. The fraction of sp³-hybridized carbons (Fsp3) is 0.222. The first kappa shape index (κ1) is 20.3. The molecule has 2 unspecified atom stereocenters. The highest BCUT2D eigenvalue weighted by Crippen LogP contribution is 2.41. The number of hydrogen-bond acceptors (Lipinski definition) is 4. The number of aliphatic carboxylic acids is 2. The van der Waals surface area contributed by atoms with Gasteiger partial charge in [-0.15, -0.1) is 0 Å². The third-order valence-electron chi connectivity index (χ3n) is 4.08. The van der Waals surface area contributed by atoms with Crippen LogP contribution in [0.2, 0.25) is 0 Å². The van der Waals surface area contributed by atoms with Crippen molar-refractivity contribution in [2.24, 2.45) is 0 Å². The van der Waals surface area contributed by atoms with Gasteiger partial charge in [-0.25, -0.2) is 9.59 Å². The van der Waals surface area contributed by atoms with Crippen LogP contribution in [0.4, 0.5) is 0 Å². The van der Waals surface area contributed by atoms with Crippen LogP contribution in [-0.4, -0.2) is 37.8 Å². The van der Waals surface area contributed by atoms with Crippen LogP contribution in [0.5, 0.6) is 0 Å². The van der Waals surface area contributed by atoms with Crippen molar-refractivity contribution in [3.63, 3.8) is 0 Å². The molecule has 0 saturated heterocycles. The SMILES string of the molecule is Cc1ccc(C(O)(C(=O)O)C(O)(C(=O)O)c2ccc(C)cc2)cc1.O. The summed E-state index contributed by atoms with van der Waals surface area (Å²) in [5, 5.41) is 40.8. The van der Waals surface area contributed by atoms with Crippen LogP contribution in [-0.2, 0) is 20.8 Å². The summed E-state index contributed by atoms with van der Waals surface area (Å²) in [5.41, 5.74) is -5.01. The molecule has 25 heavy (non-hydrogen) atoms. The first-order valence-corrected chi connectivity index (χ1v) is 7.20. The third kappa shape index (κ3) is 3.12. The first-order chi connectivity index (χ1) is 11.1. The lowest BCUT2D eigenvalue weighted by atomic mass is 9.73. The number of benzene rings is 2. The van der Waals surface area contributed by atoms with Crippen molar-refractivity contribution >= 4 is 11.9 Å². The summed E-state index contributed by atoms with van der Waals surface area (Å²) < 4.78 is 0. The highest BCUT2D eigenvalue weighted by atomic mass is 16.5. The topological polar surface area (TPSA) is 147 Å². The third-order valence-corrected chi connectivity index (χ3v) is 4.08. The minimum atomic E-state index is -3.07. The van der Waals surface area contributed by atoms with E-state index in [9.17, 15) is 30.0 Å².